The highest BCUT2D eigenvalue weighted by atomic mass is 16.5. The van der Waals surface area contributed by atoms with Crippen molar-refractivity contribution in [3.05, 3.63) is 51.7 Å². The molecule has 8 heteroatoms. The molecule has 2 aliphatic heterocycles. The Kier molecular flexibility index (Phi) is 6.64. The largest absolute Gasteiger partial charge is 0.376 e. The lowest BCUT2D eigenvalue weighted by Crippen LogP contribution is -2.40. The Morgan fingerprint density at radius 3 is 2.97 bits per heavy atom. The Balaban J connectivity index is 1.31. The molecule has 0 saturated carbocycles. The van der Waals surface area contributed by atoms with Gasteiger partial charge in [0.15, 0.2) is 0 Å². The average Bonchev–Trinajstić information content (AvgIpc) is 2.89. The van der Waals surface area contributed by atoms with Crippen LogP contribution in [-0.2, 0) is 42.1 Å². The number of nitrogens with one attached hydrogen (secondary N) is 1. The molecular weight excluding hydrogens is 382 g/mol. The van der Waals surface area contributed by atoms with Crippen molar-refractivity contribution in [2.75, 3.05) is 19.7 Å². The normalized spacial score (nSPS) is 19.8. The number of morpholine rings is 1. The summed E-state index contributed by atoms with van der Waals surface area (Å²) >= 11 is 0. The predicted molar refractivity (Wildman–Crippen MR) is 113 cm³/mol. The molecule has 3 heterocycles. The standard InChI is InChI=1S/C22H31N5O3/c1-17-14-25(10-11-30-17)15-19-7-5-6-18(12-19)13-23-21(28)16-27-22(29)26-9-4-2-3-8-20(26)24-27/h5-7,12,17H,2-4,8-11,13-16H2,1H3,(H,23,28). The minimum atomic E-state index is -0.197. The summed E-state index contributed by atoms with van der Waals surface area (Å²) in [6, 6.07) is 8.28. The number of carbonyl (C=O) groups is 1. The van der Waals surface area contributed by atoms with Gasteiger partial charge in [-0.05, 0) is 30.9 Å². The van der Waals surface area contributed by atoms with Crippen LogP contribution in [-0.4, -0.2) is 51.0 Å². The third-order valence-corrected chi connectivity index (χ3v) is 5.79. The number of ether oxygens (including phenoxy) is 1. The van der Waals surface area contributed by atoms with E-state index in [1.807, 2.05) is 12.1 Å². The van der Waals surface area contributed by atoms with Crippen molar-refractivity contribution < 1.29 is 9.53 Å². The van der Waals surface area contributed by atoms with Crippen LogP contribution in [0.25, 0.3) is 0 Å². The van der Waals surface area contributed by atoms with E-state index in [1.165, 1.54) is 10.2 Å². The van der Waals surface area contributed by atoms with E-state index in [1.54, 1.807) is 4.57 Å². The van der Waals surface area contributed by atoms with Gasteiger partial charge in [0.1, 0.15) is 12.4 Å². The van der Waals surface area contributed by atoms with Crippen molar-refractivity contribution in [3.8, 4) is 0 Å². The van der Waals surface area contributed by atoms with Gasteiger partial charge in [-0.25, -0.2) is 9.48 Å². The molecule has 1 N–H and O–H groups in total. The molecule has 0 bridgehead atoms. The Morgan fingerprint density at radius 2 is 2.10 bits per heavy atom. The summed E-state index contributed by atoms with van der Waals surface area (Å²) in [5.41, 5.74) is 2.10. The zero-order chi connectivity index (χ0) is 20.9. The van der Waals surface area contributed by atoms with Crippen molar-refractivity contribution in [3.63, 3.8) is 0 Å². The number of aryl methyl sites for hydroxylation is 1. The molecule has 0 aliphatic carbocycles. The zero-order valence-corrected chi connectivity index (χ0v) is 17.7. The van der Waals surface area contributed by atoms with Crippen molar-refractivity contribution in [2.45, 2.75) is 64.9 Å². The SMILES string of the molecule is CC1CN(Cc2cccc(CNC(=O)Cn3nc4n(c3=O)CCCCC4)c2)CCO1. The second-order valence-corrected chi connectivity index (χ2v) is 8.33. The second kappa shape index (κ2) is 9.57. The van der Waals surface area contributed by atoms with E-state index < -0.39 is 0 Å². The minimum Gasteiger partial charge on any atom is -0.376 e. The number of aromatic nitrogens is 3. The molecular formula is C22H31N5O3. The average molecular weight is 414 g/mol. The fourth-order valence-corrected chi connectivity index (χ4v) is 4.25. The van der Waals surface area contributed by atoms with Crippen LogP contribution in [0.2, 0.25) is 0 Å². The van der Waals surface area contributed by atoms with Gasteiger partial charge in [-0.1, -0.05) is 30.7 Å². The monoisotopic (exact) mass is 413 g/mol. The Hall–Kier alpha value is -2.45. The number of carbonyl (C=O) groups excluding carboxylic acids is 1. The van der Waals surface area contributed by atoms with E-state index in [0.717, 1.165) is 63.3 Å². The van der Waals surface area contributed by atoms with Gasteiger partial charge >= 0.3 is 5.69 Å². The summed E-state index contributed by atoms with van der Waals surface area (Å²) in [6.07, 6.45) is 4.22. The molecule has 1 fully saturated rings. The van der Waals surface area contributed by atoms with Crippen molar-refractivity contribution in [1.82, 2.24) is 24.6 Å². The molecule has 0 radical (unpaired) electrons. The topological polar surface area (TPSA) is 81.4 Å². The molecule has 0 spiro atoms. The summed E-state index contributed by atoms with van der Waals surface area (Å²) in [5, 5.41) is 7.30. The second-order valence-electron chi connectivity index (χ2n) is 8.33. The highest BCUT2D eigenvalue weighted by Gasteiger charge is 2.18. The van der Waals surface area contributed by atoms with E-state index in [-0.39, 0.29) is 24.2 Å². The van der Waals surface area contributed by atoms with Crippen molar-refractivity contribution >= 4 is 5.91 Å². The Morgan fingerprint density at radius 1 is 1.23 bits per heavy atom. The molecule has 1 unspecified atom stereocenters. The fraction of sp³-hybridized carbons (Fsp3) is 0.591. The van der Waals surface area contributed by atoms with Gasteiger partial charge in [0, 0.05) is 39.1 Å². The molecule has 1 aromatic carbocycles. The molecule has 1 saturated heterocycles. The predicted octanol–water partition coefficient (Wildman–Crippen LogP) is 1.31. The molecule has 2 aromatic rings. The maximum Gasteiger partial charge on any atom is 0.346 e. The number of hydrogen-bond donors (Lipinski definition) is 1. The summed E-state index contributed by atoms with van der Waals surface area (Å²) in [4.78, 5) is 27.3. The summed E-state index contributed by atoms with van der Waals surface area (Å²) in [7, 11) is 0. The number of rotatable bonds is 6. The molecule has 2 aliphatic rings. The smallest absolute Gasteiger partial charge is 0.346 e. The van der Waals surface area contributed by atoms with Gasteiger partial charge in [-0.3, -0.25) is 14.3 Å². The third kappa shape index (κ3) is 5.17. The Bertz CT molecular complexity index is 935. The lowest BCUT2D eigenvalue weighted by atomic mass is 10.1. The van der Waals surface area contributed by atoms with Gasteiger partial charge in [-0.2, -0.15) is 5.10 Å². The van der Waals surface area contributed by atoms with Crippen LogP contribution in [0.1, 0.15) is 43.1 Å². The van der Waals surface area contributed by atoms with Crippen molar-refractivity contribution in [2.24, 2.45) is 0 Å². The quantitative estimate of drug-likeness (QED) is 0.772. The molecule has 162 valence electrons. The molecule has 1 atom stereocenters. The molecule has 4 rings (SSSR count). The Labute approximate surface area is 176 Å². The summed E-state index contributed by atoms with van der Waals surface area (Å²) in [5.74, 6) is 0.605. The lowest BCUT2D eigenvalue weighted by molar-refractivity contribution is -0.122. The van der Waals surface area contributed by atoms with E-state index in [4.69, 9.17) is 4.74 Å². The van der Waals surface area contributed by atoms with Crippen LogP contribution < -0.4 is 11.0 Å². The molecule has 8 nitrogen and oxygen atoms in total. The van der Waals surface area contributed by atoms with Gasteiger partial charge < -0.3 is 10.1 Å². The van der Waals surface area contributed by atoms with E-state index in [2.05, 4.69) is 34.4 Å². The number of benzene rings is 1. The highest BCUT2D eigenvalue weighted by molar-refractivity contribution is 5.75. The van der Waals surface area contributed by atoms with Gasteiger partial charge in [-0.15, -0.1) is 0 Å². The maximum absolute atomic E-state index is 12.5. The molecule has 30 heavy (non-hydrogen) atoms. The number of amides is 1. The first-order valence-electron chi connectivity index (χ1n) is 10.9. The van der Waals surface area contributed by atoms with E-state index in [9.17, 15) is 9.59 Å². The van der Waals surface area contributed by atoms with Crippen LogP contribution in [0.15, 0.2) is 29.1 Å². The van der Waals surface area contributed by atoms with Gasteiger partial charge in [0.05, 0.1) is 12.7 Å². The summed E-state index contributed by atoms with van der Waals surface area (Å²) in [6.45, 7) is 6.72. The van der Waals surface area contributed by atoms with Crippen LogP contribution in [0.5, 0.6) is 0 Å². The van der Waals surface area contributed by atoms with Crippen LogP contribution in [0, 0.1) is 0 Å². The first-order valence-corrected chi connectivity index (χ1v) is 10.9. The summed E-state index contributed by atoms with van der Waals surface area (Å²) < 4.78 is 8.62. The molecule has 1 amide bonds. The van der Waals surface area contributed by atoms with E-state index in [0.29, 0.717) is 13.1 Å². The molecule has 1 aromatic heterocycles. The first-order chi connectivity index (χ1) is 14.6. The third-order valence-electron chi connectivity index (χ3n) is 5.79. The number of nitrogens with zero attached hydrogens (tertiary/aromatic N) is 4. The van der Waals surface area contributed by atoms with E-state index >= 15 is 0 Å². The highest BCUT2D eigenvalue weighted by Crippen LogP contribution is 2.12. The zero-order valence-electron chi connectivity index (χ0n) is 17.7. The van der Waals surface area contributed by atoms with Crippen molar-refractivity contribution in [1.29, 1.82) is 0 Å². The minimum absolute atomic E-state index is 0.0375. The lowest BCUT2D eigenvalue weighted by Gasteiger charge is -2.31. The van der Waals surface area contributed by atoms with Crippen LogP contribution in [0.3, 0.4) is 0 Å². The number of fused-ring (bicyclic) bond motifs is 1. The van der Waals surface area contributed by atoms with Crippen LogP contribution in [0.4, 0.5) is 0 Å². The fourth-order valence-electron chi connectivity index (χ4n) is 4.25. The maximum atomic E-state index is 12.5. The van der Waals surface area contributed by atoms with Gasteiger partial charge in [0.25, 0.3) is 0 Å². The van der Waals surface area contributed by atoms with Gasteiger partial charge in [0.2, 0.25) is 5.91 Å². The first kappa shape index (κ1) is 20.8. The number of hydrogen-bond acceptors (Lipinski definition) is 5. The van der Waals surface area contributed by atoms with Crippen LogP contribution >= 0.6 is 0 Å².